The van der Waals surface area contributed by atoms with E-state index in [0.717, 1.165) is 51.4 Å². The third-order valence-electron chi connectivity index (χ3n) is 8.11. The van der Waals surface area contributed by atoms with Crippen LogP contribution in [0.25, 0.3) is 0 Å². The number of phosphoric ester groups is 2. The first-order valence-corrected chi connectivity index (χ1v) is 25.3. The number of hydrogen-bond acceptors (Lipinski definition) is 13. The van der Waals surface area contributed by atoms with Crippen molar-refractivity contribution in [3.05, 3.63) is 146 Å². The summed E-state index contributed by atoms with van der Waals surface area (Å²) in [6.07, 6.45) is 51.2. The zero-order valence-corrected chi connectivity index (χ0v) is 40.3. The molecule has 0 amide bonds. The van der Waals surface area contributed by atoms with Gasteiger partial charge in [-0.1, -0.05) is 173 Å². The lowest BCUT2D eigenvalue weighted by Crippen LogP contribution is -2.25. The lowest BCUT2D eigenvalue weighted by atomic mass is 10.1. The molecule has 5 unspecified atom stereocenters. The van der Waals surface area contributed by atoms with Gasteiger partial charge in [0.2, 0.25) is 0 Å². The molecule has 0 aromatic carbocycles. The smallest absolute Gasteiger partial charge is 0.463 e. The molecule has 0 saturated heterocycles. The Labute approximate surface area is 392 Å². The molecule has 0 aromatic heterocycles. The minimum atomic E-state index is -4.81. The van der Waals surface area contributed by atoms with Crippen molar-refractivity contribution in [2.24, 2.45) is 0 Å². The van der Waals surface area contributed by atoms with Gasteiger partial charge < -0.3 is 34.6 Å². The molecule has 0 fully saturated rings. The van der Waals surface area contributed by atoms with E-state index < -0.39 is 85.5 Å². The number of allylic oxidation sites excluding steroid dienone is 24. The SMILES string of the molecule is CC/C=C/C=C/C=C\C=C/C=C/CCCCCC(=O)OCC(O)COP(=O)(O)OCC(O)COP(=O)(O)OCC(O)COC(=O)CCCCC/C=C/C=C/C=C/C=C/C=C\C=C\C=C\CC. The number of phosphoric acid groups is 2. The second-order valence-corrected chi connectivity index (χ2v) is 17.2. The van der Waals surface area contributed by atoms with Gasteiger partial charge in [0, 0.05) is 12.8 Å². The van der Waals surface area contributed by atoms with Crippen molar-refractivity contribution in [3.63, 3.8) is 0 Å². The zero-order chi connectivity index (χ0) is 48.8. The van der Waals surface area contributed by atoms with Crippen molar-refractivity contribution in [1.29, 1.82) is 0 Å². The first kappa shape index (κ1) is 61.9. The van der Waals surface area contributed by atoms with Gasteiger partial charge in [-0.15, -0.1) is 0 Å². The summed E-state index contributed by atoms with van der Waals surface area (Å²) >= 11 is 0. The van der Waals surface area contributed by atoms with E-state index in [-0.39, 0.29) is 12.8 Å². The molecule has 0 aliphatic heterocycles. The van der Waals surface area contributed by atoms with Crippen molar-refractivity contribution in [3.8, 4) is 0 Å². The van der Waals surface area contributed by atoms with Crippen LogP contribution in [0.2, 0.25) is 0 Å². The normalized spacial score (nSPS) is 16.4. The van der Waals surface area contributed by atoms with E-state index in [1.807, 2.05) is 134 Å². The second kappa shape index (κ2) is 43.5. The first-order valence-electron chi connectivity index (χ1n) is 22.4. The number of hydrogen-bond donors (Lipinski definition) is 5. The number of carbonyl (C=O) groups excluding carboxylic acids is 2. The third kappa shape index (κ3) is 45.1. The summed E-state index contributed by atoms with van der Waals surface area (Å²) in [5.74, 6) is -1.09. The number of esters is 2. The number of aliphatic hydroxyl groups excluding tert-OH is 3. The number of unbranched alkanes of at least 4 members (excludes halogenated alkanes) is 6. The Morgan fingerprint density at radius 1 is 0.394 bits per heavy atom. The number of carbonyl (C=O) groups is 2. The van der Waals surface area contributed by atoms with E-state index in [1.165, 1.54) is 0 Å². The molecule has 0 bridgehead atoms. The monoisotopic (exact) mass is 964 g/mol. The van der Waals surface area contributed by atoms with E-state index in [4.69, 9.17) is 9.47 Å². The van der Waals surface area contributed by atoms with Gasteiger partial charge in [0.05, 0.1) is 26.4 Å². The van der Waals surface area contributed by atoms with Gasteiger partial charge in [0.15, 0.2) is 0 Å². The lowest BCUT2D eigenvalue weighted by molar-refractivity contribution is -0.148. The van der Waals surface area contributed by atoms with Gasteiger partial charge in [-0.3, -0.25) is 27.7 Å². The molecule has 0 spiro atoms. The maximum atomic E-state index is 12.1. The molecule has 0 radical (unpaired) electrons. The van der Waals surface area contributed by atoms with Crippen molar-refractivity contribution in [1.82, 2.24) is 0 Å². The topological polar surface area (TPSA) is 225 Å². The van der Waals surface area contributed by atoms with Crippen LogP contribution in [0.3, 0.4) is 0 Å². The van der Waals surface area contributed by atoms with Crippen LogP contribution >= 0.6 is 15.6 Å². The Kier molecular flexibility index (Phi) is 40.8. The van der Waals surface area contributed by atoms with Gasteiger partial charge >= 0.3 is 27.6 Å². The van der Waals surface area contributed by atoms with E-state index >= 15 is 0 Å². The summed E-state index contributed by atoms with van der Waals surface area (Å²) in [5, 5.41) is 30.0. The Morgan fingerprint density at radius 3 is 0.939 bits per heavy atom. The van der Waals surface area contributed by atoms with Crippen LogP contribution in [0.5, 0.6) is 0 Å². The molecule has 0 heterocycles. The molecule has 66 heavy (non-hydrogen) atoms. The lowest BCUT2D eigenvalue weighted by Gasteiger charge is -2.19. The fraction of sp³-hybridized carbons (Fsp3) is 0.469. The standard InChI is InChI=1S/C49H74O15P2/c1-3-5-7-9-11-13-15-17-19-20-21-22-24-26-28-30-32-34-36-38-49(54)60-40-46(51)42-62-66(57,58)64-44-47(52)43-63-65(55,56)61-41-45(50)39-59-48(53)37-35-33-31-29-27-25-23-18-16-14-12-10-8-6-4-2/h5-28,45-47,50-52H,3-4,29-44H2,1-2H3,(H,55,56)(H,57,58)/b7-5+,8-6+,11-9+,12-10+,15-13-,16-14-,19-17+,21-20+,23-18-,24-22+,27-25+,28-26+. The molecular weight excluding hydrogens is 890 g/mol. The molecule has 0 rings (SSSR count). The maximum Gasteiger partial charge on any atom is 0.472 e. The van der Waals surface area contributed by atoms with E-state index in [9.17, 15) is 43.8 Å². The average Bonchev–Trinajstić information content (AvgIpc) is 3.29. The molecule has 0 aliphatic carbocycles. The van der Waals surface area contributed by atoms with Crippen LogP contribution in [-0.4, -0.2) is 95.0 Å². The van der Waals surface area contributed by atoms with E-state index in [1.54, 1.807) is 0 Å². The Bertz CT molecular complexity index is 1740. The summed E-state index contributed by atoms with van der Waals surface area (Å²) in [6.45, 7) is -0.0472. The van der Waals surface area contributed by atoms with Gasteiger partial charge in [-0.2, -0.15) is 0 Å². The Hall–Kier alpha value is -4.08. The van der Waals surface area contributed by atoms with E-state index in [0.29, 0.717) is 12.8 Å². The fourth-order valence-electron chi connectivity index (χ4n) is 4.68. The van der Waals surface area contributed by atoms with Crippen molar-refractivity contribution >= 4 is 27.6 Å². The molecule has 17 heteroatoms. The highest BCUT2D eigenvalue weighted by Gasteiger charge is 2.28. The van der Waals surface area contributed by atoms with Gasteiger partial charge in [0.25, 0.3) is 0 Å². The molecule has 0 aromatic rings. The van der Waals surface area contributed by atoms with Gasteiger partial charge in [0.1, 0.15) is 31.5 Å². The van der Waals surface area contributed by atoms with Crippen molar-refractivity contribution in [2.75, 3.05) is 39.6 Å². The fourth-order valence-corrected chi connectivity index (χ4v) is 6.28. The largest absolute Gasteiger partial charge is 0.472 e. The van der Waals surface area contributed by atoms with Crippen LogP contribution < -0.4 is 0 Å². The zero-order valence-electron chi connectivity index (χ0n) is 38.5. The Balaban J connectivity index is 4.06. The molecule has 5 N–H and O–H groups in total. The highest BCUT2D eigenvalue weighted by atomic mass is 31.2. The molecule has 5 atom stereocenters. The average molecular weight is 965 g/mol. The van der Waals surface area contributed by atoms with Crippen molar-refractivity contribution in [2.45, 2.75) is 109 Å². The van der Waals surface area contributed by atoms with Crippen LogP contribution in [0.4, 0.5) is 0 Å². The number of ether oxygens (including phenoxy) is 2. The van der Waals surface area contributed by atoms with Crippen LogP contribution in [0.15, 0.2) is 146 Å². The predicted octanol–water partition coefficient (Wildman–Crippen LogP) is 9.82. The predicted molar refractivity (Wildman–Crippen MR) is 260 cm³/mol. The van der Waals surface area contributed by atoms with E-state index in [2.05, 4.69) is 44.1 Å². The highest BCUT2D eigenvalue weighted by Crippen LogP contribution is 2.45. The van der Waals surface area contributed by atoms with Crippen LogP contribution in [-0.2, 0) is 46.3 Å². The summed E-state index contributed by atoms with van der Waals surface area (Å²) in [4.78, 5) is 43.7. The van der Waals surface area contributed by atoms with Gasteiger partial charge in [-0.25, -0.2) is 9.13 Å². The quantitative estimate of drug-likeness (QED) is 0.0167. The van der Waals surface area contributed by atoms with Gasteiger partial charge in [-0.05, 0) is 51.4 Å². The first-order chi connectivity index (χ1) is 31.8. The molecule has 0 saturated carbocycles. The minimum Gasteiger partial charge on any atom is -0.463 e. The minimum absolute atomic E-state index is 0.133. The van der Waals surface area contributed by atoms with Crippen molar-refractivity contribution < 1.29 is 71.4 Å². The third-order valence-corrected chi connectivity index (χ3v) is 10.0. The number of rotatable bonds is 40. The highest BCUT2D eigenvalue weighted by molar-refractivity contribution is 7.47. The molecular formula is C49H74O15P2. The molecule has 370 valence electrons. The molecule has 15 nitrogen and oxygen atoms in total. The van der Waals surface area contributed by atoms with Crippen LogP contribution in [0.1, 0.15) is 90.9 Å². The molecule has 0 aliphatic rings. The summed E-state index contributed by atoms with van der Waals surface area (Å²) in [6, 6.07) is 0. The summed E-state index contributed by atoms with van der Waals surface area (Å²) in [5.41, 5.74) is 0. The second-order valence-electron chi connectivity index (χ2n) is 14.3. The van der Waals surface area contributed by atoms with Crippen LogP contribution in [0, 0.1) is 0 Å². The Morgan fingerprint density at radius 2 is 0.652 bits per heavy atom. The number of aliphatic hydroxyl groups is 3. The summed E-state index contributed by atoms with van der Waals surface area (Å²) in [7, 11) is -9.62. The maximum absolute atomic E-state index is 12.1. The summed E-state index contributed by atoms with van der Waals surface area (Å²) < 4.78 is 52.8.